The highest BCUT2D eigenvalue weighted by atomic mass is 31.1. The predicted octanol–water partition coefficient (Wildman–Crippen LogP) is 11.1. The molecule has 0 aliphatic heterocycles. The van der Waals surface area contributed by atoms with Gasteiger partial charge in [0.05, 0.1) is 0 Å². The minimum atomic E-state index is -0.207. The summed E-state index contributed by atoms with van der Waals surface area (Å²) in [5.74, 6) is 0.499. The van der Waals surface area contributed by atoms with Crippen LogP contribution in [-0.4, -0.2) is 5.11 Å². The summed E-state index contributed by atoms with van der Waals surface area (Å²) in [6.45, 7) is 19.1. The molecule has 0 aromatic heterocycles. The number of nitrogens with zero attached hydrogens (tertiary/aromatic N) is 1. The highest BCUT2D eigenvalue weighted by Gasteiger charge is 2.35. The molecular weight excluding hydrogens is 541 g/mol. The van der Waals surface area contributed by atoms with Crippen LogP contribution >= 0.6 is 8.58 Å². The number of para-hydroxylation sites is 2. The van der Waals surface area contributed by atoms with Crippen molar-refractivity contribution >= 4 is 25.3 Å². The van der Waals surface area contributed by atoms with Gasteiger partial charge in [-0.3, -0.25) is 0 Å². The van der Waals surface area contributed by atoms with Gasteiger partial charge in [-0.05, 0) is 64.4 Å². The van der Waals surface area contributed by atoms with Crippen LogP contribution in [0.25, 0.3) is 0 Å². The van der Waals surface area contributed by atoms with E-state index in [4.69, 9.17) is 0 Å². The zero-order chi connectivity index (χ0) is 31.3. The van der Waals surface area contributed by atoms with Crippen LogP contribution < -0.4 is 10.2 Å². The van der Waals surface area contributed by atoms with Crippen molar-refractivity contribution in [2.75, 3.05) is 4.90 Å². The van der Waals surface area contributed by atoms with Gasteiger partial charge in [0.15, 0.2) is 0 Å². The molecule has 4 aromatic carbocycles. The van der Waals surface area contributed by atoms with E-state index in [1.807, 2.05) is 0 Å². The Morgan fingerprint density at radius 2 is 1.23 bits per heavy atom. The normalized spacial score (nSPS) is 13.8. The van der Waals surface area contributed by atoms with Crippen LogP contribution in [0.3, 0.4) is 0 Å². The van der Waals surface area contributed by atoms with E-state index in [2.05, 4.69) is 157 Å². The van der Waals surface area contributed by atoms with Gasteiger partial charge in [0.2, 0.25) is 0 Å². The molecule has 1 N–H and O–H groups in total. The molecule has 0 fully saturated rings. The van der Waals surface area contributed by atoms with Crippen LogP contribution in [0.5, 0.6) is 5.75 Å². The first kappa shape index (κ1) is 32.8. The van der Waals surface area contributed by atoms with Gasteiger partial charge < -0.3 is 10.0 Å². The summed E-state index contributed by atoms with van der Waals surface area (Å²) in [5.41, 5.74) is 7.06. The van der Waals surface area contributed by atoms with Crippen molar-refractivity contribution in [3.05, 3.63) is 119 Å². The number of aromatic hydroxyl groups is 1. The fourth-order valence-corrected chi connectivity index (χ4v) is 7.50. The quantitative estimate of drug-likeness (QED) is 0.165. The molecular formula is C40H52NOP. The van der Waals surface area contributed by atoms with Gasteiger partial charge in [-0.25, -0.2) is 0 Å². The van der Waals surface area contributed by atoms with Gasteiger partial charge >= 0.3 is 0 Å². The number of phenolic OH excluding ortho intramolecular Hbond substituents is 1. The lowest BCUT2D eigenvalue weighted by molar-refractivity contribution is 0.400. The van der Waals surface area contributed by atoms with E-state index in [1.54, 1.807) is 0 Å². The number of hydrogen-bond donors (Lipinski definition) is 1. The highest BCUT2D eigenvalue weighted by Crippen LogP contribution is 2.51. The number of hydrogen-bond acceptors (Lipinski definition) is 2. The van der Waals surface area contributed by atoms with Crippen molar-refractivity contribution in [3.63, 3.8) is 0 Å². The predicted molar refractivity (Wildman–Crippen MR) is 190 cm³/mol. The van der Waals surface area contributed by atoms with Crippen LogP contribution in [0, 0.1) is 0 Å². The molecule has 0 saturated heterocycles. The third-order valence-electron chi connectivity index (χ3n) is 9.05. The molecule has 2 nitrogen and oxygen atoms in total. The number of anilines is 2. The molecule has 0 bridgehead atoms. The summed E-state index contributed by atoms with van der Waals surface area (Å²) in [7, 11) is 0.510. The van der Waals surface area contributed by atoms with E-state index in [0.29, 0.717) is 14.3 Å². The minimum absolute atomic E-state index is 0.0143. The lowest BCUT2D eigenvalue weighted by Gasteiger charge is -2.36. The van der Waals surface area contributed by atoms with Crippen LogP contribution in [0.2, 0.25) is 0 Å². The summed E-state index contributed by atoms with van der Waals surface area (Å²) in [6.07, 6.45) is 4.31. The van der Waals surface area contributed by atoms with Gasteiger partial charge in [0.25, 0.3) is 0 Å². The van der Waals surface area contributed by atoms with Crippen LogP contribution in [0.15, 0.2) is 97.1 Å². The Kier molecular flexibility index (Phi) is 10.4. The SMILES string of the molecule is CCCCC(C)(C)c1cc(C(C)(C)C)cc(C(C)(CC)Pc2ccccc2CN(c2ccccc2)c2ccccc2)c1O. The van der Waals surface area contributed by atoms with Gasteiger partial charge in [0.1, 0.15) is 5.75 Å². The molecule has 0 amide bonds. The number of rotatable bonds is 12. The first-order chi connectivity index (χ1) is 20.4. The van der Waals surface area contributed by atoms with Crippen LogP contribution in [0.4, 0.5) is 11.4 Å². The standard InChI is InChI=1S/C40H52NOP/c1-9-11-26-39(6,7)34-27-31(38(3,4)5)28-35(37(34)42)40(8,10-2)43-36-25-19-18-20-30(36)29-41(32-21-14-12-15-22-32)33-23-16-13-17-24-33/h12-25,27-28,42-43H,9-11,26,29H2,1-8H3. The first-order valence-corrected chi connectivity index (χ1v) is 17.0. The monoisotopic (exact) mass is 593 g/mol. The molecule has 0 spiro atoms. The van der Waals surface area contributed by atoms with E-state index in [0.717, 1.165) is 43.4 Å². The van der Waals surface area contributed by atoms with Crippen molar-refractivity contribution in [2.45, 2.75) is 104 Å². The van der Waals surface area contributed by atoms with E-state index < -0.39 is 0 Å². The minimum Gasteiger partial charge on any atom is -0.507 e. The zero-order valence-corrected chi connectivity index (χ0v) is 28.7. The smallest absolute Gasteiger partial charge is 0.123 e. The average Bonchev–Trinajstić information content (AvgIpc) is 2.99. The Morgan fingerprint density at radius 1 is 0.698 bits per heavy atom. The Bertz CT molecular complexity index is 1430. The van der Waals surface area contributed by atoms with Gasteiger partial charge in [-0.2, -0.15) is 0 Å². The summed E-state index contributed by atoms with van der Waals surface area (Å²) >= 11 is 0. The molecule has 4 rings (SSSR count). The van der Waals surface area contributed by atoms with Crippen molar-refractivity contribution < 1.29 is 5.11 Å². The van der Waals surface area contributed by atoms with E-state index >= 15 is 0 Å². The molecule has 0 radical (unpaired) electrons. The van der Waals surface area contributed by atoms with E-state index in [9.17, 15) is 5.11 Å². The third kappa shape index (κ3) is 7.71. The van der Waals surface area contributed by atoms with Crippen LogP contribution in [0.1, 0.15) is 103 Å². The topological polar surface area (TPSA) is 23.5 Å². The third-order valence-corrected chi connectivity index (χ3v) is 11.0. The number of unbranched alkanes of at least 4 members (excludes halogenated alkanes) is 1. The van der Waals surface area contributed by atoms with E-state index in [-0.39, 0.29) is 16.0 Å². The maximum Gasteiger partial charge on any atom is 0.123 e. The average molecular weight is 594 g/mol. The molecule has 4 aromatic rings. The fraction of sp³-hybridized carbons (Fsp3) is 0.400. The molecule has 0 aliphatic carbocycles. The summed E-state index contributed by atoms with van der Waals surface area (Å²) in [6, 6.07) is 34.8. The number of phenols is 1. The summed E-state index contributed by atoms with van der Waals surface area (Å²) in [5, 5.41) is 13.2. The Balaban J connectivity index is 1.79. The lowest BCUT2D eigenvalue weighted by Crippen LogP contribution is -2.26. The second-order valence-corrected chi connectivity index (χ2v) is 15.8. The first-order valence-electron chi connectivity index (χ1n) is 16.0. The van der Waals surface area contributed by atoms with Crippen molar-refractivity contribution in [1.29, 1.82) is 0 Å². The molecule has 2 unspecified atom stereocenters. The highest BCUT2D eigenvalue weighted by molar-refractivity contribution is 7.48. The second kappa shape index (κ2) is 13.7. The fourth-order valence-electron chi connectivity index (χ4n) is 5.90. The molecule has 0 heterocycles. The molecule has 0 saturated carbocycles. The molecule has 43 heavy (non-hydrogen) atoms. The summed E-state index contributed by atoms with van der Waals surface area (Å²) < 4.78 is 0. The van der Waals surface area contributed by atoms with Crippen LogP contribution in [-0.2, 0) is 22.5 Å². The summed E-state index contributed by atoms with van der Waals surface area (Å²) in [4.78, 5) is 2.40. The molecule has 0 aliphatic rings. The molecule has 2 atom stereocenters. The lowest BCUT2D eigenvalue weighted by atomic mass is 9.74. The van der Waals surface area contributed by atoms with Crippen molar-refractivity contribution in [1.82, 2.24) is 0 Å². The van der Waals surface area contributed by atoms with E-state index in [1.165, 1.54) is 27.8 Å². The maximum atomic E-state index is 12.1. The van der Waals surface area contributed by atoms with Gasteiger partial charge in [-0.15, -0.1) is 0 Å². The Hall–Kier alpha value is -3.09. The molecule has 228 valence electrons. The molecule has 3 heteroatoms. The number of benzene rings is 4. The second-order valence-electron chi connectivity index (χ2n) is 13.9. The van der Waals surface area contributed by atoms with Crippen molar-refractivity contribution in [3.8, 4) is 5.75 Å². The van der Waals surface area contributed by atoms with Crippen molar-refractivity contribution in [2.24, 2.45) is 0 Å². The van der Waals surface area contributed by atoms with Gasteiger partial charge in [-0.1, -0.05) is 150 Å². The zero-order valence-electron chi connectivity index (χ0n) is 27.7. The van der Waals surface area contributed by atoms with Gasteiger partial charge in [0, 0.05) is 34.2 Å². The maximum absolute atomic E-state index is 12.1. The Labute approximate surface area is 263 Å². The Morgan fingerprint density at radius 3 is 1.77 bits per heavy atom. The largest absolute Gasteiger partial charge is 0.507 e.